The van der Waals surface area contributed by atoms with Crippen molar-refractivity contribution in [3.63, 3.8) is 0 Å². The largest absolute Gasteiger partial charge is 0.396 e. The number of nitrogens with zero attached hydrogens (tertiary/aromatic N) is 1. The van der Waals surface area contributed by atoms with Crippen LogP contribution < -0.4 is 16.8 Å². The molecule has 0 spiro atoms. The highest BCUT2D eigenvalue weighted by atomic mass is 16.5. The number of anilines is 2. The molecule has 0 radical (unpaired) electrons. The number of carbonyl (C=O) groups is 1. The Kier molecular flexibility index (Phi) is 3.98. The first-order valence-electron chi connectivity index (χ1n) is 7.43. The van der Waals surface area contributed by atoms with Crippen molar-refractivity contribution < 1.29 is 9.53 Å². The Morgan fingerprint density at radius 2 is 2.33 bits per heavy atom. The molecule has 2 fully saturated rings. The number of rotatable bonds is 4. The molecule has 2 atom stereocenters. The molecule has 1 amide bonds. The number of hydrogen-bond acceptors (Lipinski definition) is 5. The maximum Gasteiger partial charge on any atom is 0.250 e. The number of fused-ring (bicyclic) bond motifs is 1. The number of amides is 1. The van der Waals surface area contributed by atoms with Crippen molar-refractivity contribution >= 4 is 17.3 Å². The van der Waals surface area contributed by atoms with E-state index < -0.39 is 5.91 Å². The molecular formula is C15H22N4O2. The summed E-state index contributed by atoms with van der Waals surface area (Å²) in [5.41, 5.74) is 12.8. The van der Waals surface area contributed by atoms with Gasteiger partial charge in [-0.3, -0.25) is 9.69 Å². The van der Waals surface area contributed by atoms with E-state index in [1.807, 2.05) is 6.07 Å². The van der Waals surface area contributed by atoms with Gasteiger partial charge in [0.1, 0.15) is 0 Å². The zero-order valence-corrected chi connectivity index (χ0v) is 12.0. The predicted octanol–water partition coefficient (Wildman–Crippen LogP) is 0.643. The molecule has 2 aliphatic rings. The molecule has 0 aromatic heterocycles. The topological polar surface area (TPSA) is 93.6 Å². The van der Waals surface area contributed by atoms with E-state index in [4.69, 9.17) is 16.2 Å². The number of morpholine rings is 1. The van der Waals surface area contributed by atoms with Gasteiger partial charge in [0.05, 0.1) is 29.6 Å². The minimum absolute atomic E-state index is 0.149. The zero-order chi connectivity index (χ0) is 14.8. The van der Waals surface area contributed by atoms with Gasteiger partial charge in [-0.2, -0.15) is 0 Å². The van der Waals surface area contributed by atoms with Crippen LogP contribution in [0.3, 0.4) is 0 Å². The first-order chi connectivity index (χ1) is 10.1. The van der Waals surface area contributed by atoms with Crippen molar-refractivity contribution in [3.8, 4) is 0 Å². The average molecular weight is 290 g/mol. The third kappa shape index (κ3) is 2.96. The Labute approximate surface area is 124 Å². The van der Waals surface area contributed by atoms with Crippen LogP contribution in [0.15, 0.2) is 18.2 Å². The Morgan fingerprint density at radius 1 is 1.48 bits per heavy atom. The quantitative estimate of drug-likeness (QED) is 0.708. The van der Waals surface area contributed by atoms with Gasteiger partial charge in [0.2, 0.25) is 0 Å². The van der Waals surface area contributed by atoms with Crippen LogP contribution in [0.25, 0.3) is 0 Å². The van der Waals surface area contributed by atoms with E-state index in [2.05, 4.69) is 10.2 Å². The fraction of sp³-hybridized carbons (Fsp3) is 0.533. The molecule has 0 aliphatic carbocycles. The van der Waals surface area contributed by atoms with Gasteiger partial charge >= 0.3 is 0 Å². The molecule has 2 saturated heterocycles. The second-order valence-corrected chi connectivity index (χ2v) is 5.76. The number of carbonyl (C=O) groups excluding carboxylic acids is 1. The predicted molar refractivity (Wildman–Crippen MR) is 82.2 cm³/mol. The van der Waals surface area contributed by atoms with E-state index in [9.17, 15) is 4.79 Å². The highest BCUT2D eigenvalue weighted by Crippen LogP contribution is 2.25. The fourth-order valence-electron chi connectivity index (χ4n) is 3.17. The van der Waals surface area contributed by atoms with Crippen molar-refractivity contribution in [1.29, 1.82) is 0 Å². The number of nitrogens with two attached hydrogens (primary N) is 2. The molecule has 1 aromatic rings. The van der Waals surface area contributed by atoms with Gasteiger partial charge < -0.3 is 21.5 Å². The minimum atomic E-state index is -0.509. The standard InChI is InChI=1S/C15H22N4O2/c16-14-12(15(17)20)4-1-5-13(14)18-7-11-8-19-6-2-3-10(19)9-21-11/h1,4-5,10-11,18H,2-3,6-9,16H2,(H2,17,20). The summed E-state index contributed by atoms with van der Waals surface area (Å²) in [6, 6.07) is 5.86. The van der Waals surface area contributed by atoms with E-state index >= 15 is 0 Å². The Bertz CT molecular complexity index is 534. The number of nitrogens with one attached hydrogen (secondary N) is 1. The lowest BCUT2D eigenvalue weighted by atomic mass is 10.1. The highest BCUT2D eigenvalue weighted by molar-refractivity contribution is 6.00. The first-order valence-corrected chi connectivity index (χ1v) is 7.43. The summed E-state index contributed by atoms with van der Waals surface area (Å²) >= 11 is 0. The van der Waals surface area contributed by atoms with Gasteiger partial charge in [-0.1, -0.05) is 6.07 Å². The summed E-state index contributed by atoms with van der Waals surface area (Å²) in [4.78, 5) is 13.8. The summed E-state index contributed by atoms with van der Waals surface area (Å²) in [6.45, 7) is 3.61. The van der Waals surface area contributed by atoms with E-state index in [1.165, 1.54) is 19.4 Å². The molecule has 0 saturated carbocycles. The Hall–Kier alpha value is -1.79. The van der Waals surface area contributed by atoms with E-state index in [-0.39, 0.29) is 6.10 Å². The van der Waals surface area contributed by atoms with Gasteiger partial charge in [-0.05, 0) is 31.5 Å². The average Bonchev–Trinajstić information content (AvgIpc) is 2.93. The summed E-state index contributed by atoms with van der Waals surface area (Å²) in [6.07, 6.45) is 2.66. The molecule has 3 rings (SSSR count). The zero-order valence-electron chi connectivity index (χ0n) is 12.0. The number of primary amides is 1. The van der Waals surface area contributed by atoms with Crippen molar-refractivity contribution in [2.24, 2.45) is 5.73 Å². The smallest absolute Gasteiger partial charge is 0.250 e. The normalized spacial score (nSPS) is 25.5. The maximum absolute atomic E-state index is 11.3. The van der Waals surface area contributed by atoms with Crippen LogP contribution in [0.2, 0.25) is 0 Å². The van der Waals surface area contributed by atoms with E-state index in [0.29, 0.717) is 23.8 Å². The van der Waals surface area contributed by atoms with Crippen LogP contribution >= 0.6 is 0 Å². The first kappa shape index (κ1) is 14.2. The van der Waals surface area contributed by atoms with Crippen molar-refractivity contribution in [3.05, 3.63) is 23.8 Å². The second-order valence-electron chi connectivity index (χ2n) is 5.76. The van der Waals surface area contributed by atoms with E-state index in [1.54, 1.807) is 12.1 Å². The molecule has 2 unspecified atom stereocenters. The third-order valence-corrected chi connectivity index (χ3v) is 4.35. The highest BCUT2D eigenvalue weighted by Gasteiger charge is 2.32. The lowest BCUT2D eigenvalue weighted by molar-refractivity contribution is -0.0415. The molecule has 21 heavy (non-hydrogen) atoms. The molecule has 2 heterocycles. The number of para-hydroxylation sites is 1. The van der Waals surface area contributed by atoms with Gasteiger partial charge in [0.25, 0.3) is 5.91 Å². The molecule has 6 heteroatoms. The SMILES string of the molecule is NC(=O)c1cccc(NCC2CN3CCCC3CO2)c1N. The number of nitrogen functional groups attached to an aromatic ring is 1. The minimum Gasteiger partial charge on any atom is -0.396 e. The summed E-state index contributed by atoms with van der Waals surface area (Å²) in [5.74, 6) is -0.509. The summed E-state index contributed by atoms with van der Waals surface area (Å²) < 4.78 is 5.89. The molecule has 114 valence electrons. The number of hydrogen-bond donors (Lipinski definition) is 3. The van der Waals surface area contributed by atoms with Gasteiger partial charge in [0.15, 0.2) is 0 Å². The fourth-order valence-corrected chi connectivity index (χ4v) is 3.17. The summed E-state index contributed by atoms with van der Waals surface area (Å²) in [7, 11) is 0. The molecule has 6 nitrogen and oxygen atoms in total. The monoisotopic (exact) mass is 290 g/mol. The number of benzene rings is 1. The Morgan fingerprint density at radius 3 is 3.14 bits per heavy atom. The maximum atomic E-state index is 11.3. The van der Waals surface area contributed by atoms with Gasteiger partial charge in [-0.15, -0.1) is 0 Å². The number of ether oxygens (including phenoxy) is 1. The molecule has 2 aliphatic heterocycles. The van der Waals surface area contributed by atoms with Crippen LogP contribution in [0, 0.1) is 0 Å². The molecular weight excluding hydrogens is 268 g/mol. The second kappa shape index (κ2) is 5.91. The molecule has 0 bridgehead atoms. The molecule has 1 aromatic carbocycles. The Balaban J connectivity index is 1.60. The summed E-state index contributed by atoms with van der Waals surface area (Å²) in [5, 5.41) is 3.27. The van der Waals surface area contributed by atoms with Crippen LogP contribution in [0.5, 0.6) is 0 Å². The molecule has 5 N–H and O–H groups in total. The van der Waals surface area contributed by atoms with E-state index in [0.717, 1.165) is 18.8 Å². The lowest BCUT2D eigenvalue weighted by Gasteiger charge is -2.35. The van der Waals surface area contributed by atoms with Crippen LogP contribution in [-0.4, -0.2) is 49.2 Å². The van der Waals surface area contributed by atoms with Crippen molar-refractivity contribution in [2.75, 3.05) is 37.3 Å². The van der Waals surface area contributed by atoms with Crippen LogP contribution in [0.4, 0.5) is 11.4 Å². The lowest BCUT2D eigenvalue weighted by Crippen LogP contribution is -2.48. The van der Waals surface area contributed by atoms with Gasteiger partial charge in [-0.25, -0.2) is 0 Å². The van der Waals surface area contributed by atoms with Crippen LogP contribution in [-0.2, 0) is 4.74 Å². The van der Waals surface area contributed by atoms with Crippen molar-refractivity contribution in [1.82, 2.24) is 4.90 Å². The van der Waals surface area contributed by atoms with Crippen LogP contribution in [0.1, 0.15) is 23.2 Å². The third-order valence-electron chi connectivity index (χ3n) is 4.35. The van der Waals surface area contributed by atoms with Crippen molar-refractivity contribution in [2.45, 2.75) is 25.0 Å². The van der Waals surface area contributed by atoms with Gasteiger partial charge in [0, 0.05) is 19.1 Å².